The Morgan fingerprint density at radius 1 is 1.18 bits per heavy atom. The second-order valence-corrected chi connectivity index (χ2v) is 9.65. The van der Waals surface area contributed by atoms with E-state index < -0.39 is 0 Å². The van der Waals surface area contributed by atoms with Crippen molar-refractivity contribution in [3.8, 4) is 0 Å². The van der Waals surface area contributed by atoms with Crippen LogP contribution in [-0.4, -0.2) is 49.9 Å². The zero-order valence-corrected chi connectivity index (χ0v) is 22.6. The lowest BCUT2D eigenvalue weighted by Gasteiger charge is -2.31. The van der Waals surface area contributed by atoms with Crippen LogP contribution >= 0.6 is 0 Å². The Balaban J connectivity index is 1.57. The van der Waals surface area contributed by atoms with Gasteiger partial charge in [-0.1, -0.05) is 19.9 Å². The minimum absolute atomic E-state index is 0.0854. The number of aliphatic imine (C=N–C) groups is 1. The molecule has 3 heterocycles. The molecule has 0 fully saturated rings. The molecule has 10 nitrogen and oxygen atoms in total. The molecule has 3 N–H and O–H groups in total. The van der Waals surface area contributed by atoms with Crippen molar-refractivity contribution in [3.05, 3.63) is 65.8 Å². The normalized spacial score (nSPS) is 15.3. The smallest absolute Gasteiger partial charge is 0.160 e. The number of anilines is 3. The maximum atomic E-state index is 8.80. The molecule has 0 radical (unpaired) electrons. The van der Waals surface area contributed by atoms with Crippen LogP contribution in [0.1, 0.15) is 51.4 Å². The Morgan fingerprint density at radius 2 is 1.97 bits per heavy atom. The summed E-state index contributed by atoms with van der Waals surface area (Å²) in [5, 5.41) is 15.9. The average Bonchev–Trinajstić information content (AvgIpc) is 2.93. The number of allylic oxidation sites excluding steroid dienone is 1. The molecule has 198 valence electrons. The van der Waals surface area contributed by atoms with E-state index in [1.165, 1.54) is 0 Å². The predicted octanol–water partition coefficient (Wildman–Crippen LogP) is 5.33. The maximum Gasteiger partial charge on any atom is 0.160 e. The Labute approximate surface area is 224 Å². The molecule has 38 heavy (non-hydrogen) atoms. The number of hydrogen-bond acceptors (Lipinski definition) is 10. The van der Waals surface area contributed by atoms with Gasteiger partial charge in [0.2, 0.25) is 0 Å². The molecule has 0 bridgehead atoms. The average molecular weight is 513 g/mol. The van der Waals surface area contributed by atoms with Gasteiger partial charge >= 0.3 is 0 Å². The second kappa shape index (κ2) is 12.4. The van der Waals surface area contributed by atoms with Gasteiger partial charge in [0, 0.05) is 54.7 Å². The van der Waals surface area contributed by atoms with Crippen LogP contribution in [0.15, 0.2) is 59.4 Å². The minimum Gasteiger partial charge on any atom is -0.365 e. The first-order valence-corrected chi connectivity index (χ1v) is 13.0. The molecule has 1 aliphatic carbocycles. The Morgan fingerprint density at radius 3 is 2.63 bits per heavy atom. The monoisotopic (exact) mass is 512 g/mol. The number of aryl methyl sites for hydroxylation is 1. The van der Waals surface area contributed by atoms with Crippen LogP contribution in [0.4, 0.5) is 23.1 Å². The van der Waals surface area contributed by atoms with Crippen LogP contribution in [0.3, 0.4) is 0 Å². The van der Waals surface area contributed by atoms with E-state index in [9.17, 15) is 0 Å². The summed E-state index contributed by atoms with van der Waals surface area (Å²) in [4.78, 5) is 28.6. The highest BCUT2D eigenvalue weighted by molar-refractivity contribution is 6.00. The van der Waals surface area contributed by atoms with Crippen LogP contribution in [0.5, 0.6) is 0 Å². The fourth-order valence-electron chi connectivity index (χ4n) is 4.52. The molecular weight excluding hydrogens is 476 g/mol. The second-order valence-electron chi connectivity index (χ2n) is 9.65. The van der Waals surface area contributed by atoms with Crippen molar-refractivity contribution in [1.29, 1.82) is 5.41 Å². The Hall–Kier alpha value is -4.21. The van der Waals surface area contributed by atoms with Crippen molar-refractivity contribution in [2.24, 2.45) is 10.9 Å². The van der Waals surface area contributed by atoms with Gasteiger partial charge in [-0.05, 0) is 63.5 Å². The van der Waals surface area contributed by atoms with E-state index in [-0.39, 0.29) is 12.0 Å². The Kier molecular flexibility index (Phi) is 8.73. The molecule has 1 unspecified atom stereocenters. The third-order valence-corrected chi connectivity index (χ3v) is 6.59. The largest absolute Gasteiger partial charge is 0.365 e. The molecule has 0 saturated carbocycles. The molecule has 4 rings (SSSR count). The van der Waals surface area contributed by atoms with Crippen molar-refractivity contribution >= 4 is 35.6 Å². The van der Waals surface area contributed by atoms with Gasteiger partial charge in [-0.25, -0.2) is 24.9 Å². The van der Waals surface area contributed by atoms with Gasteiger partial charge in [-0.3, -0.25) is 4.99 Å². The standard InChI is InChI=1S/C28H36N10/c1-6-38(16-20-14-32-19(4)33-15-20)28-26(30-5)27(34-17-35-28)36-21-10-11-23(22(13-21)25(29)18(2)3)37-24-9-7-8-12-31-24/h7-9,12,14-15,17-18,21,29H,5-6,10-11,13,16H2,1-4H3,(H,31,37)(H,34,35,36). The van der Waals surface area contributed by atoms with Gasteiger partial charge in [0.15, 0.2) is 11.6 Å². The fraction of sp³-hybridized carbons (Fsp3) is 0.393. The molecule has 3 aromatic rings. The lowest BCUT2D eigenvalue weighted by molar-refractivity contribution is 0.609. The van der Waals surface area contributed by atoms with Crippen LogP contribution in [0.2, 0.25) is 0 Å². The van der Waals surface area contributed by atoms with Gasteiger partial charge < -0.3 is 20.9 Å². The fourth-order valence-corrected chi connectivity index (χ4v) is 4.52. The van der Waals surface area contributed by atoms with E-state index in [0.29, 0.717) is 36.0 Å². The van der Waals surface area contributed by atoms with Gasteiger partial charge in [-0.15, -0.1) is 0 Å². The van der Waals surface area contributed by atoms with Crippen molar-refractivity contribution in [2.75, 3.05) is 22.1 Å². The summed E-state index contributed by atoms with van der Waals surface area (Å²) in [5.74, 6) is 3.00. The third-order valence-electron chi connectivity index (χ3n) is 6.59. The zero-order valence-electron chi connectivity index (χ0n) is 22.6. The topological polar surface area (TPSA) is 128 Å². The first kappa shape index (κ1) is 26.8. The summed E-state index contributed by atoms with van der Waals surface area (Å²) in [7, 11) is 0. The number of pyridine rings is 1. The van der Waals surface area contributed by atoms with Gasteiger partial charge in [-0.2, -0.15) is 0 Å². The summed E-state index contributed by atoms with van der Waals surface area (Å²) < 4.78 is 0. The van der Waals surface area contributed by atoms with Crippen molar-refractivity contribution in [1.82, 2.24) is 24.9 Å². The van der Waals surface area contributed by atoms with Crippen LogP contribution in [-0.2, 0) is 6.54 Å². The maximum absolute atomic E-state index is 8.80. The van der Waals surface area contributed by atoms with E-state index in [2.05, 4.69) is 72.9 Å². The molecule has 3 aromatic heterocycles. The first-order valence-electron chi connectivity index (χ1n) is 13.0. The van der Waals surface area contributed by atoms with Crippen LogP contribution in [0.25, 0.3) is 0 Å². The van der Waals surface area contributed by atoms with Crippen molar-refractivity contribution in [3.63, 3.8) is 0 Å². The lowest BCUT2D eigenvalue weighted by atomic mass is 9.85. The molecule has 0 amide bonds. The molecular formula is C28H36N10. The predicted molar refractivity (Wildman–Crippen MR) is 153 cm³/mol. The molecule has 0 saturated heterocycles. The van der Waals surface area contributed by atoms with Crippen LogP contribution < -0.4 is 15.5 Å². The number of nitrogens with zero attached hydrogens (tertiary/aromatic N) is 7. The zero-order chi connectivity index (χ0) is 27.1. The van der Waals surface area contributed by atoms with E-state index in [0.717, 1.165) is 47.9 Å². The van der Waals surface area contributed by atoms with Crippen molar-refractivity contribution < 1.29 is 0 Å². The van der Waals surface area contributed by atoms with E-state index in [1.54, 1.807) is 12.5 Å². The number of rotatable bonds is 11. The van der Waals surface area contributed by atoms with E-state index in [1.807, 2.05) is 37.5 Å². The molecule has 0 aliphatic heterocycles. The van der Waals surface area contributed by atoms with Crippen LogP contribution in [0, 0.1) is 18.3 Å². The number of aromatic nitrogens is 5. The molecule has 0 spiro atoms. The first-order chi connectivity index (χ1) is 18.4. The summed E-state index contributed by atoms with van der Waals surface area (Å²) >= 11 is 0. The van der Waals surface area contributed by atoms with Gasteiger partial charge in [0.25, 0.3) is 0 Å². The summed E-state index contributed by atoms with van der Waals surface area (Å²) in [5.41, 5.74) is 4.32. The number of hydrogen-bond donors (Lipinski definition) is 3. The van der Waals surface area contributed by atoms with Gasteiger partial charge in [0.05, 0.1) is 0 Å². The Bertz CT molecular complexity index is 1280. The van der Waals surface area contributed by atoms with E-state index in [4.69, 9.17) is 5.41 Å². The molecule has 1 aliphatic rings. The van der Waals surface area contributed by atoms with E-state index >= 15 is 0 Å². The highest BCUT2D eigenvalue weighted by Gasteiger charge is 2.27. The van der Waals surface area contributed by atoms with Gasteiger partial charge in [0.1, 0.15) is 23.7 Å². The van der Waals surface area contributed by atoms with Crippen molar-refractivity contribution in [2.45, 2.75) is 59.5 Å². The summed E-state index contributed by atoms with van der Waals surface area (Å²) in [6, 6.07) is 5.88. The summed E-state index contributed by atoms with van der Waals surface area (Å²) in [6.07, 6.45) is 9.36. The quantitative estimate of drug-likeness (QED) is 0.294. The molecule has 1 atom stereocenters. The minimum atomic E-state index is 0.0854. The highest BCUT2D eigenvalue weighted by Crippen LogP contribution is 2.36. The number of nitrogens with one attached hydrogen (secondary N) is 3. The lowest BCUT2D eigenvalue weighted by Crippen LogP contribution is -2.30. The molecule has 0 aromatic carbocycles. The third kappa shape index (κ3) is 6.37. The molecule has 10 heteroatoms. The summed E-state index contributed by atoms with van der Waals surface area (Å²) in [6.45, 7) is 13.2. The SMILES string of the molecule is C=Nc1c(NC2CCC(Nc3ccccn3)=C(C(=N)C(C)C)C2)ncnc1N(CC)Cc1cnc(C)nc1. The highest BCUT2D eigenvalue weighted by atomic mass is 15.2.